The summed E-state index contributed by atoms with van der Waals surface area (Å²) in [6, 6.07) is 0. The van der Waals surface area contributed by atoms with Crippen LogP contribution in [-0.2, 0) is 0 Å². The molecule has 0 spiro atoms. The van der Waals surface area contributed by atoms with Crippen LogP contribution in [0.15, 0.2) is 0 Å². The Morgan fingerprint density at radius 3 is 2.80 bits per heavy atom. The Morgan fingerprint density at radius 1 is 1.70 bits per heavy atom. The van der Waals surface area contributed by atoms with E-state index in [1.165, 1.54) is 13.0 Å². The Kier molecular flexibility index (Phi) is 2.67. The van der Waals surface area contributed by atoms with E-state index in [9.17, 15) is 0 Å². The molecule has 1 saturated heterocycles. The second kappa shape index (κ2) is 3.17. The van der Waals surface area contributed by atoms with Crippen molar-refractivity contribution in [3.63, 3.8) is 0 Å². The minimum atomic E-state index is 0.388. The molecule has 60 valence electrons. The van der Waals surface area contributed by atoms with Gasteiger partial charge in [-0.2, -0.15) is 0 Å². The molecular formula is C7H17N2P. The van der Waals surface area contributed by atoms with Crippen LogP contribution in [0.2, 0.25) is 0 Å². The number of nitrogens with one attached hydrogen (secondary N) is 1. The lowest BCUT2D eigenvalue weighted by atomic mass is 10.0. The van der Waals surface area contributed by atoms with Crippen LogP contribution in [0.3, 0.4) is 0 Å². The molecule has 0 radical (unpaired) electrons. The summed E-state index contributed by atoms with van der Waals surface area (Å²) in [5.74, 6) is 0. The maximum atomic E-state index is 3.37. The summed E-state index contributed by atoms with van der Waals surface area (Å²) in [5, 5.41) is 3.37. The molecule has 10 heavy (non-hydrogen) atoms. The third kappa shape index (κ3) is 1.50. The van der Waals surface area contributed by atoms with Gasteiger partial charge in [-0.15, -0.1) is 0 Å². The number of likely N-dealkylation sites (N-methyl/N-ethyl adjacent to an activating group) is 1. The average molecular weight is 160 g/mol. The number of hydrogen-bond donors (Lipinski definition) is 1. The molecule has 0 aromatic heterocycles. The van der Waals surface area contributed by atoms with Gasteiger partial charge in [0.2, 0.25) is 0 Å². The highest BCUT2D eigenvalue weighted by Gasteiger charge is 2.31. The molecule has 2 unspecified atom stereocenters. The lowest BCUT2D eigenvalue weighted by Gasteiger charge is -2.33. The molecule has 1 aliphatic heterocycles. The average Bonchev–Trinajstić information content (AvgIpc) is 2.36. The Labute approximate surface area is 65.6 Å². The zero-order valence-electron chi connectivity index (χ0n) is 6.85. The van der Waals surface area contributed by atoms with Crippen molar-refractivity contribution in [2.24, 2.45) is 0 Å². The van der Waals surface area contributed by atoms with Crippen LogP contribution < -0.4 is 5.32 Å². The van der Waals surface area contributed by atoms with Crippen LogP contribution in [0.4, 0.5) is 0 Å². The van der Waals surface area contributed by atoms with Crippen LogP contribution in [0.5, 0.6) is 0 Å². The fraction of sp³-hybridized carbons (Fsp3) is 1.00. The molecule has 0 amide bonds. The Hall–Kier alpha value is 0.350. The van der Waals surface area contributed by atoms with E-state index < -0.39 is 0 Å². The summed E-state index contributed by atoms with van der Waals surface area (Å²) in [4.78, 5) is 0. The third-order valence-electron chi connectivity index (χ3n) is 2.38. The van der Waals surface area contributed by atoms with Crippen molar-refractivity contribution >= 4 is 9.39 Å². The van der Waals surface area contributed by atoms with Crippen molar-refractivity contribution in [3.8, 4) is 0 Å². The molecule has 1 aliphatic rings. The van der Waals surface area contributed by atoms with E-state index >= 15 is 0 Å². The Balaban J connectivity index is 2.49. The van der Waals surface area contributed by atoms with Crippen molar-refractivity contribution in [2.75, 3.05) is 19.6 Å². The van der Waals surface area contributed by atoms with Gasteiger partial charge in [-0.05, 0) is 26.4 Å². The van der Waals surface area contributed by atoms with Gasteiger partial charge in [0.25, 0.3) is 0 Å². The van der Waals surface area contributed by atoms with E-state index in [4.69, 9.17) is 0 Å². The molecule has 0 aromatic carbocycles. The first kappa shape index (κ1) is 8.45. The molecule has 2 nitrogen and oxygen atoms in total. The van der Waals surface area contributed by atoms with E-state index in [1.54, 1.807) is 0 Å². The molecular weight excluding hydrogens is 143 g/mol. The highest BCUT2D eigenvalue weighted by atomic mass is 31.0. The second-order valence-electron chi connectivity index (χ2n) is 3.21. The normalized spacial score (nSPS) is 33.6. The zero-order valence-corrected chi connectivity index (χ0v) is 8.01. The maximum absolute atomic E-state index is 3.37. The molecule has 1 heterocycles. The highest BCUT2D eigenvalue weighted by Crippen LogP contribution is 2.24. The summed E-state index contributed by atoms with van der Waals surface area (Å²) in [7, 11) is 2.80. The van der Waals surface area contributed by atoms with E-state index in [0.717, 1.165) is 13.1 Å². The zero-order chi connectivity index (χ0) is 7.61. The Bertz CT molecular complexity index is 110. The fourth-order valence-corrected chi connectivity index (χ4v) is 1.65. The predicted octanol–water partition coefficient (Wildman–Crippen LogP) is 0.850. The first-order valence-electron chi connectivity index (χ1n) is 3.92. The smallest absolute Gasteiger partial charge is 0.0349 e. The summed E-state index contributed by atoms with van der Waals surface area (Å²) in [6.45, 7) is 7.91. The first-order valence-corrected chi connectivity index (χ1v) is 4.44. The quantitative estimate of drug-likeness (QED) is 0.602. The monoisotopic (exact) mass is 160 g/mol. The van der Waals surface area contributed by atoms with Gasteiger partial charge in [0.05, 0.1) is 0 Å². The largest absolute Gasteiger partial charge is 0.315 e. The molecule has 0 saturated carbocycles. The van der Waals surface area contributed by atoms with Gasteiger partial charge in [0, 0.05) is 12.1 Å². The Morgan fingerprint density at radius 2 is 2.40 bits per heavy atom. The van der Waals surface area contributed by atoms with Crippen molar-refractivity contribution < 1.29 is 0 Å². The molecule has 2 atom stereocenters. The van der Waals surface area contributed by atoms with Crippen LogP contribution in [0, 0.1) is 0 Å². The number of nitrogens with zero attached hydrogens (tertiary/aromatic N) is 1. The van der Waals surface area contributed by atoms with Gasteiger partial charge in [0.1, 0.15) is 0 Å². The van der Waals surface area contributed by atoms with Crippen LogP contribution in [0.1, 0.15) is 20.3 Å². The van der Waals surface area contributed by atoms with E-state index in [1.807, 2.05) is 0 Å². The summed E-state index contributed by atoms with van der Waals surface area (Å²) >= 11 is 0. The molecule has 0 bridgehead atoms. The summed E-state index contributed by atoms with van der Waals surface area (Å²) in [6.07, 6.45) is 1.27. The van der Waals surface area contributed by atoms with Gasteiger partial charge in [-0.3, -0.25) is 4.67 Å². The lowest BCUT2D eigenvalue weighted by molar-refractivity contribution is 0.257. The van der Waals surface area contributed by atoms with Gasteiger partial charge in [-0.1, -0.05) is 16.3 Å². The maximum Gasteiger partial charge on any atom is 0.0349 e. The van der Waals surface area contributed by atoms with Gasteiger partial charge >= 0.3 is 0 Å². The van der Waals surface area contributed by atoms with Crippen molar-refractivity contribution in [3.05, 3.63) is 0 Å². The van der Waals surface area contributed by atoms with E-state index in [0.29, 0.717) is 5.54 Å². The van der Waals surface area contributed by atoms with Gasteiger partial charge in [0.15, 0.2) is 0 Å². The van der Waals surface area contributed by atoms with Gasteiger partial charge < -0.3 is 5.32 Å². The van der Waals surface area contributed by atoms with Crippen LogP contribution >= 0.6 is 9.39 Å². The molecule has 1 rings (SSSR count). The first-order chi connectivity index (χ1) is 4.69. The highest BCUT2D eigenvalue weighted by molar-refractivity contribution is 7.13. The second-order valence-corrected chi connectivity index (χ2v) is 3.83. The van der Waals surface area contributed by atoms with Crippen molar-refractivity contribution in [1.29, 1.82) is 0 Å². The molecule has 0 aliphatic carbocycles. The topological polar surface area (TPSA) is 15.3 Å². The van der Waals surface area contributed by atoms with Crippen molar-refractivity contribution in [2.45, 2.75) is 25.8 Å². The predicted molar refractivity (Wildman–Crippen MR) is 48.0 cm³/mol. The summed E-state index contributed by atoms with van der Waals surface area (Å²) < 4.78 is 2.34. The molecule has 0 aromatic rings. The fourth-order valence-electron chi connectivity index (χ4n) is 1.43. The number of hydrogen-bond acceptors (Lipinski definition) is 2. The minimum absolute atomic E-state index is 0.388. The molecule has 1 N–H and O–H groups in total. The SMILES string of the molecule is CCN(P)C1(C)CCNC1. The summed E-state index contributed by atoms with van der Waals surface area (Å²) in [5.41, 5.74) is 0.388. The minimum Gasteiger partial charge on any atom is -0.315 e. The standard InChI is InChI=1S/C7H17N2P/c1-3-9(10)7(2)4-5-8-6-7/h8H,3-6,10H2,1-2H3. The molecule has 3 heteroatoms. The third-order valence-corrected chi connectivity index (χ3v) is 3.37. The van der Waals surface area contributed by atoms with Crippen LogP contribution in [0.25, 0.3) is 0 Å². The van der Waals surface area contributed by atoms with Gasteiger partial charge in [-0.25, -0.2) is 0 Å². The van der Waals surface area contributed by atoms with Crippen LogP contribution in [-0.4, -0.2) is 29.8 Å². The van der Waals surface area contributed by atoms with E-state index in [2.05, 4.69) is 33.2 Å². The van der Waals surface area contributed by atoms with E-state index in [-0.39, 0.29) is 0 Å². The molecule has 1 fully saturated rings. The number of rotatable bonds is 2. The van der Waals surface area contributed by atoms with Crippen molar-refractivity contribution in [1.82, 2.24) is 9.99 Å². The lowest BCUT2D eigenvalue weighted by Crippen LogP contribution is -2.41.